The zero-order valence-corrected chi connectivity index (χ0v) is 14.2. The summed E-state index contributed by atoms with van der Waals surface area (Å²) in [4.78, 5) is 16.1. The number of nitrogens with one attached hydrogen (secondary N) is 1. The average Bonchev–Trinajstić information content (AvgIpc) is 2.95. The highest BCUT2D eigenvalue weighted by molar-refractivity contribution is 8.01. The molecule has 2 heterocycles. The fraction of sp³-hybridized carbons (Fsp3) is 0.500. The molecule has 0 fully saturated rings. The van der Waals surface area contributed by atoms with Crippen LogP contribution in [0.5, 0.6) is 0 Å². The number of anilines is 1. The van der Waals surface area contributed by atoms with Crippen molar-refractivity contribution in [3.05, 3.63) is 16.1 Å². The number of hydrogen-bond donors (Lipinski definition) is 1. The fourth-order valence-electron chi connectivity index (χ4n) is 1.26. The summed E-state index contributed by atoms with van der Waals surface area (Å²) in [6.07, 6.45) is 0. The van der Waals surface area contributed by atoms with E-state index < -0.39 is 0 Å². The molecule has 0 atom stereocenters. The molecular weight excluding hydrogens is 312 g/mol. The van der Waals surface area contributed by atoms with Crippen molar-refractivity contribution in [3.63, 3.8) is 0 Å². The van der Waals surface area contributed by atoms with Crippen LogP contribution in [0, 0.1) is 6.92 Å². The summed E-state index contributed by atoms with van der Waals surface area (Å²) < 4.78 is 0.908. The van der Waals surface area contributed by atoms with Gasteiger partial charge in [0.15, 0.2) is 4.34 Å². The van der Waals surface area contributed by atoms with Gasteiger partial charge < -0.3 is 0 Å². The molecule has 2 aromatic rings. The van der Waals surface area contributed by atoms with E-state index in [1.54, 1.807) is 11.3 Å². The van der Waals surface area contributed by atoms with Crippen LogP contribution in [0.3, 0.4) is 0 Å². The largest absolute Gasteiger partial charge is 0.300 e. The first-order chi connectivity index (χ1) is 9.34. The normalized spacial score (nSPS) is 11.6. The van der Waals surface area contributed by atoms with Crippen LogP contribution >= 0.6 is 34.4 Å². The van der Waals surface area contributed by atoms with Gasteiger partial charge in [-0.25, -0.2) is 4.98 Å². The van der Waals surface area contributed by atoms with E-state index in [9.17, 15) is 4.79 Å². The number of nitrogens with zero attached hydrogens (tertiary/aromatic N) is 3. The molecule has 2 aromatic heterocycles. The monoisotopic (exact) mass is 328 g/mol. The molecule has 20 heavy (non-hydrogen) atoms. The van der Waals surface area contributed by atoms with Gasteiger partial charge in [-0.15, -0.1) is 21.5 Å². The highest BCUT2D eigenvalue weighted by atomic mass is 32.2. The van der Waals surface area contributed by atoms with Crippen LogP contribution in [-0.4, -0.2) is 26.8 Å². The second-order valence-corrected chi connectivity index (χ2v) is 8.31. The lowest BCUT2D eigenvalue weighted by molar-refractivity contribution is -0.113. The van der Waals surface area contributed by atoms with E-state index >= 15 is 0 Å². The zero-order valence-electron chi connectivity index (χ0n) is 11.8. The Morgan fingerprint density at radius 2 is 2.15 bits per heavy atom. The molecule has 0 spiro atoms. The smallest absolute Gasteiger partial charge is 0.236 e. The van der Waals surface area contributed by atoms with E-state index in [4.69, 9.17) is 0 Å². The Bertz CT molecular complexity index is 600. The maximum absolute atomic E-state index is 11.8. The van der Waals surface area contributed by atoms with Gasteiger partial charge in [0.25, 0.3) is 0 Å². The minimum atomic E-state index is -0.0838. The molecular formula is C12H16N4OS3. The Kier molecular flexibility index (Phi) is 4.77. The standard InChI is InChI=1S/C12H16N4OS3/c1-7-5-18-11(13-7)19-6-8(17)14-10-16-15-9(20-10)12(2,3)4/h5H,6H2,1-4H3,(H,14,16,17). The predicted molar refractivity (Wildman–Crippen MR) is 84.8 cm³/mol. The number of hydrogen-bond acceptors (Lipinski definition) is 7. The summed E-state index contributed by atoms with van der Waals surface area (Å²) in [7, 11) is 0. The molecule has 2 rings (SSSR count). The Morgan fingerprint density at radius 1 is 1.40 bits per heavy atom. The van der Waals surface area contributed by atoms with Crippen molar-refractivity contribution in [3.8, 4) is 0 Å². The molecule has 108 valence electrons. The van der Waals surface area contributed by atoms with E-state index in [2.05, 4.69) is 41.3 Å². The average molecular weight is 328 g/mol. The predicted octanol–water partition coefficient (Wildman–Crippen LogP) is 3.33. The van der Waals surface area contributed by atoms with E-state index in [0.717, 1.165) is 15.0 Å². The van der Waals surface area contributed by atoms with Crippen molar-refractivity contribution in [1.82, 2.24) is 15.2 Å². The van der Waals surface area contributed by atoms with Crippen molar-refractivity contribution >= 4 is 45.5 Å². The SMILES string of the molecule is Cc1csc(SCC(=O)Nc2nnc(C(C)(C)C)s2)n1. The maximum Gasteiger partial charge on any atom is 0.236 e. The van der Waals surface area contributed by atoms with Gasteiger partial charge in [-0.1, -0.05) is 43.9 Å². The van der Waals surface area contributed by atoms with Crippen molar-refractivity contribution in [2.24, 2.45) is 0 Å². The quantitative estimate of drug-likeness (QED) is 0.872. The number of amides is 1. The van der Waals surface area contributed by atoms with Gasteiger partial charge in [-0.2, -0.15) is 0 Å². The highest BCUT2D eigenvalue weighted by Crippen LogP contribution is 2.28. The van der Waals surface area contributed by atoms with Crippen molar-refractivity contribution in [2.45, 2.75) is 37.4 Å². The van der Waals surface area contributed by atoms with Crippen LogP contribution in [0.2, 0.25) is 0 Å². The second-order valence-electron chi connectivity index (χ2n) is 5.25. The first-order valence-corrected chi connectivity index (χ1v) is 8.71. The van der Waals surface area contributed by atoms with E-state index in [0.29, 0.717) is 10.9 Å². The number of aryl methyl sites for hydroxylation is 1. The zero-order chi connectivity index (χ0) is 14.8. The molecule has 0 unspecified atom stereocenters. The van der Waals surface area contributed by atoms with Gasteiger partial charge in [-0.3, -0.25) is 10.1 Å². The lowest BCUT2D eigenvalue weighted by Crippen LogP contribution is -2.13. The molecule has 0 bridgehead atoms. The Balaban J connectivity index is 1.87. The Labute approximate surface area is 130 Å². The van der Waals surface area contributed by atoms with E-state index in [1.165, 1.54) is 23.1 Å². The van der Waals surface area contributed by atoms with Gasteiger partial charge >= 0.3 is 0 Å². The van der Waals surface area contributed by atoms with Gasteiger partial charge in [0, 0.05) is 16.5 Å². The summed E-state index contributed by atoms with van der Waals surface area (Å²) in [6, 6.07) is 0. The van der Waals surface area contributed by atoms with Gasteiger partial charge in [0.2, 0.25) is 11.0 Å². The van der Waals surface area contributed by atoms with Crippen LogP contribution in [0.25, 0.3) is 0 Å². The molecule has 0 aliphatic rings. The maximum atomic E-state index is 11.8. The molecule has 0 aliphatic heterocycles. The highest BCUT2D eigenvalue weighted by Gasteiger charge is 2.20. The van der Waals surface area contributed by atoms with E-state index in [1.807, 2.05) is 12.3 Å². The summed E-state index contributed by atoms with van der Waals surface area (Å²) in [5, 5.41) is 14.3. The van der Waals surface area contributed by atoms with Crippen LogP contribution in [0.1, 0.15) is 31.5 Å². The number of carbonyl (C=O) groups is 1. The minimum Gasteiger partial charge on any atom is -0.300 e. The first kappa shape index (κ1) is 15.4. The van der Waals surface area contributed by atoms with Crippen molar-refractivity contribution < 1.29 is 4.79 Å². The lowest BCUT2D eigenvalue weighted by atomic mass is 9.98. The number of carbonyl (C=O) groups excluding carboxylic acids is 1. The molecule has 0 saturated carbocycles. The van der Waals surface area contributed by atoms with Gasteiger partial charge in [0.05, 0.1) is 5.75 Å². The van der Waals surface area contributed by atoms with Gasteiger partial charge in [-0.05, 0) is 6.92 Å². The lowest BCUT2D eigenvalue weighted by Gasteiger charge is -2.12. The van der Waals surface area contributed by atoms with E-state index in [-0.39, 0.29) is 11.3 Å². The molecule has 0 aliphatic carbocycles. The van der Waals surface area contributed by atoms with Crippen molar-refractivity contribution in [1.29, 1.82) is 0 Å². The molecule has 0 saturated heterocycles. The minimum absolute atomic E-state index is 0.0478. The topological polar surface area (TPSA) is 67.8 Å². The van der Waals surface area contributed by atoms with Crippen LogP contribution in [0.15, 0.2) is 9.72 Å². The summed E-state index contributed by atoms with van der Waals surface area (Å²) >= 11 is 4.40. The third-order valence-corrected chi connectivity index (χ3v) is 5.64. The Morgan fingerprint density at radius 3 is 2.70 bits per heavy atom. The van der Waals surface area contributed by atoms with Crippen LogP contribution in [-0.2, 0) is 10.2 Å². The summed E-state index contributed by atoms with van der Waals surface area (Å²) in [5.41, 5.74) is 0.935. The van der Waals surface area contributed by atoms with Crippen molar-refractivity contribution in [2.75, 3.05) is 11.1 Å². The number of thiazole rings is 1. The molecule has 1 amide bonds. The van der Waals surface area contributed by atoms with Crippen LogP contribution in [0.4, 0.5) is 5.13 Å². The number of thioether (sulfide) groups is 1. The molecule has 5 nitrogen and oxygen atoms in total. The molecule has 0 aromatic carbocycles. The third kappa shape index (κ3) is 4.26. The number of rotatable bonds is 4. The summed E-state index contributed by atoms with van der Waals surface area (Å²) in [5.74, 6) is 0.247. The Hall–Kier alpha value is -0.990. The third-order valence-electron chi connectivity index (χ3n) is 2.24. The summed E-state index contributed by atoms with van der Waals surface area (Å²) in [6.45, 7) is 8.15. The van der Waals surface area contributed by atoms with Gasteiger partial charge in [0.1, 0.15) is 5.01 Å². The first-order valence-electron chi connectivity index (χ1n) is 6.03. The second kappa shape index (κ2) is 6.19. The molecule has 1 N–H and O–H groups in total. The van der Waals surface area contributed by atoms with Crippen LogP contribution < -0.4 is 5.32 Å². The molecule has 8 heteroatoms. The fourth-order valence-corrected chi connectivity index (χ4v) is 3.72. The number of aromatic nitrogens is 3. The molecule has 0 radical (unpaired) electrons.